The number of rotatable bonds is 3. The number of carboxylic acid groups (broad SMARTS) is 1. The summed E-state index contributed by atoms with van der Waals surface area (Å²) in [4.78, 5) is 10.6. The second kappa shape index (κ2) is 4.23. The van der Waals surface area contributed by atoms with E-state index in [1.54, 1.807) is 30.3 Å². The van der Waals surface area contributed by atoms with Crippen LogP contribution < -0.4 is 0 Å². The molecular weight excluding hydrogens is 232 g/mol. The van der Waals surface area contributed by atoms with Gasteiger partial charge in [-0.2, -0.15) is 0 Å². The van der Waals surface area contributed by atoms with E-state index in [4.69, 9.17) is 5.11 Å². The van der Waals surface area contributed by atoms with Crippen molar-refractivity contribution in [2.45, 2.75) is 4.83 Å². The largest absolute Gasteiger partial charge is 0.478 e. The molecule has 1 rings (SSSR count). The Balaban J connectivity index is 2.93. The molecule has 68 valence electrons. The van der Waals surface area contributed by atoms with Gasteiger partial charge >= 0.3 is 5.97 Å². The third-order valence-corrected chi connectivity index (χ3v) is 2.59. The molecule has 0 aliphatic rings. The van der Waals surface area contributed by atoms with Crippen LogP contribution in [0.3, 0.4) is 0 Å². The van der Waals surface area contributed by atoms with Crippen LogP contribution in [0.1, 0.15) is 20.7 Å². The molecule has 13 heavy (non-hydrogen) atoms. The minimum Gasteiger partial charge on any atom is -0.478 e. The Bertz CT molecular complexity index is 316. The standard InChI is InChI=1S/C10H9BrO2/c1-2-9(11)7-3-5-8(6-4-7)10(12)13/h2-6,9H,1H2,(H,12,13). The molecule has 0 bridgehead atoms. The molecule has 1 N–H and O–H groups in total. The molecule has 0 radical (unpaired) electrons. The topological polar surface area (TPSA) is 37.3 Å². The number of hydrogen-bond donors (Lipinski definition) is 1. The zero-order valence-corrected chi connectivity index (χ0v) is 8.49. The number of carbonyl (C=O) groups is 1. The minimum absolute atomic E-state index is 0.0790. The first kappa shape index (κ1) is 9.99. The lowest BCUT2D eigenvalue weighted by Crippen LogP contribution is -1.96. The molecule has 1 aromatic rings. The highest BCUT2D eigenvalue weighted by molar-refractivity contribution is 9.09. The quantitative estimate of drug-likeness (QED) is 0.652. The van der Waals surface area contributed by atoms with E-state index in [-0.39, 0.29) is 4.83 Å². The number of alkyl halides is 1. The number of hydrogen-bond acceptors (Lipinski definition) is 1. The third-order valence-electron chi connectivity index (χ3n) is 1.68. The smallest absolute Gasteiger partial charge is 0.335 e. The zero-order chi connectivity index (χ0) is 9.84. The highest BCUT2D eigenvalue weighted by Crippen LogP contribution is 2.23. The summed E-state index contributed by atoms with van der Waals surface area (Å²) in [7, 11) is 0. The second-order valence-corrected chi connectivity index (χ2v) is 3.55. The summed E-state index contributed by atoms with van der Waals surface area (Å²) in [5.41, 5.74) is 1.30. The molecular formula is C10H9BrO2. The second-order valence-electron chi connectivity index (χ2n) is 2.56. The fourth-order valence-corrected chi connectivity index (χ4v) is 1.25. The molecule has 0 spiro atoms. The van der Waals surface area contributed by atoms with Gasteiger partial charge in [-0.15, -0.1) is 6.58 Å². The van der Waals surface area contributed by atoms with Crippen molar-refractivity contribution in [2.75, 3.05) is 0 Å². The van der Waals surface area contributed by atoms with Crippen molar-refractivity contribution >= 4 is 21.9 Å². The molecule has 0 amide bonds. The van der Waals surface area contributed by atoms with Gasteiger partial charge in [0.05, 0.1) is 10.4 Å². The fraction of sp³-hybridized carbons (Fsp3) is 0.100. The van der Waals surface area contributed by atoms with Crippen molar-refractivity contribution in [3.05, 3.63) is 48.0 Å². The summed E-state index contributed by atoms with van der Waals surface area (Å²) >= 11 is 3.38. The average Bonchev–Trinajstić information content (AvgIpc) is 2.17. The Morgan fingerprint density at radius 1 is 1.46 bits per heavy atom. The Kier molecular flexibility index (Phi) is 3.25. The van der Waals surface area contributed by atoms with E-state index >= 15 is 0 Å². The van der Waals surface area contributed by atoms with E-state index in [0.717, 1.165) is 5.56 Å². The van der Waals surface area contributed by atoms with Crippen LogP contribution in [0.5, 0.6) is 0 Å². The Morgan fingerprint density at radius 2 is 2.00 bits per heavy atom. The van der Waals surface area contributed by atoms with Crippen LogP contribution in [-0.2, 0) is 0 Å². The van der Waals surface area contributed by atoms with E-state index in [2.05, 4.69) is 22.5 Å². The van der Waals surface area contributed by atoms with Gasteiger partial charge in [-0.3, -0.25) is 0 Å². The third kappa shape index (κ3) is 2.42. The molecule has 0 fully saturated rings. The minimum atomic E-state index is -0.906. The van der Waals surface area contributed by atoms with Gasteiger partial charge in [-0.25, -0.2) is 4.79 Å². The van der Waals surface area contributed by atoms with E-state index in [0.29, 0.717) is 5.56 Å². The predicted molar refractivity (Wildman–Crippen MR) is 55.3 cm³/mol. The summed E-state index contributed by atoms with van der Waals surface area (Å²) in [6.45, 7) is 3.63. The van der Waals surface area contributed by atoms with Crippen LogP contribution in [0.2, 0.25) is 0 Å². The van der Waals surface area contributed by atoms with Crippen molar-refractivity contribution in [1.82, 2.24) is 0 Å². The number of carboxylic acids is 1. The van der Waals surface area contributed by atoms with E-state index in [1.807, 2.05) is 0 Å². The molecule has 1 unspecified atom stereocenters. The highest BCUT2D eigenvalue weighted by atomic mass is 79.9. The Morgan fingerprint density at radius 3 is 2.38 bits per heavy atom. The number of benzene rings is 1. The Hall–Kier alpha value is -1.09. The molecule has 0 aliphatic carbocycles. The molecule has 2 nitrogen and oxygen atoms in total. The summed E-state index contributed by atoms with van der Waals surface area (Å²) in [6.07, 6.45) is 1.75. The van der Waals surface area contributed by atoms with Gasteiger partial charge < -0.3 is 5.11 Å². The van der Waals surface area contributed by atoms with Crippen molar-refractivity contribution in [3.8, 4) is 0 Å². The fourth-order valence-electron chi connectivity index (χ4n) is 0.946. The van der Waals surface area contributed by atoms with Gasteiger partial charge in [-0.05, 0) is 17.7 Å². The summed E-state index contributed by atoms with van der Waals surface area (Å²) < 4.78 is 0. The number of allylic oxidation sites excluding steroid dienone is 1. The van der Waals surface area contributed by atoms with Crippen molar-refractivity contribution in [1.29, 1.82) is 0 Å². The molecule has 1 atom stereocenters. The normalized spacial score (nSPS) is 12.1. The van der Waals surface area contributed by atoms with E-state index < -0.39 is 5.97 Å². The highest BCUT2D eigenvalue weighted by Gasteiger charge is 2.04. The lowest BCUT2D eigenvalue weighted by molar-refractivity contribution is 0.0697. The number of halogens is 1. The van der Waals surface area contributed by atoms with Crippen LogP contribution in [0, 0.1) is 0 Å². The first-order valence-electron chi connectivity index (χ1n) is 3.75. The summed E-state index contributed by atoms with van der Waals surface area (Å²) in [5, 5.41) is 8.64. The van der Waals surface area contributed by atoms with E-state index in [9.17, 15) is 4.79 Å². The van der Waals surface area contributed by atoms with Gasteiger partial charge in [0, 0.05) is 0 Å². The monoisotopic (exact) mass is 240 g/mol. The van der Waals surface area contributed by atoms with Crippen molar-refractivity contribution in [3.63, 3.8) is 0 Å². The van der Waals surface area contributed by atoms with Gasteiger partial charge in [0.25, 0.3) is 0 Å². The van der Waals surface area contributed by atoms with Gasteiger partial charge in [-0.1, -0.05) is 34.1 Å². The molecule has 0 saturated heterocycles. The summed E-state index contributed by atoms with van der Waals surface area (Å²) in [6, 6.07) is 6.69. The SMILES string of the molecule is C=CC(Br)c1ccc(C(=O)O)cc1. The molecule has 3 heteroatoms. The molecule has 1 aromatic carbocycles. The summed E-state index contributed by atoms with van der Waals surface area (Å²) in [5.74, 6) is -0.906. The van der Waals surface area contributed by atoms with Crippen LogP contribution in [-0.4, -0.2) is 11.1 Å². The Labute approximate surface area is 85.0 Å². The molecule has 0 heterocycles. The maximum Gasteiger partial charge on any atom is 0.335 e. The van der Waals surface area contributed by atoms with Crippen LogP contribution in [0.15, 0.2) is 36.9 Å². The lowest BCUT2D eigenvalue weighted by Gasteiger charge is -2.03. The molecule has 0 saturated carbocycles. The van der Waals surface area contributed by atoms with E-state index in [1.165, 1.54) is 0 Å². The lowest BCUT2D eigenvalue weighted by atomic mass is 10.1. The van der Waals surface area contributed by atoms with Crippen LogP contribution in [0.25, 0.3) is 0 Å². The molecule has 0 aromatic heterocycles. The van der Waals surface area contributed by atoms with Gasteiger partial charge in [0.1, 0.15) is 0 Å². The van der Waals surface area contributed by atoms with Crippen molar-refractivity contribution in [2.24, 2.45) is 0 Å². The first-order valence-corrected chi connectivity index (χ1v) is 4.66. The van der Waals surface area contributed by atoms with Crippen molar-refractivity contribution < 1.29 is 9.90 Å². The zero-order valence-electron chi connectivity index (χ0n) is 6.90. The number of aromatic carboxylic acids is 1. The maximum absolute atomic E-state index is 10.5. The van der Waals surface area contributed by atoms with Gasteiger partial charge in [0.2, 0.25) is 0 Å². The predicted octanol–water partition coefficient (Wildman–Crippen LogP) is 3.01. The average molecular weight is 241 g/mol. The first-order chi connectivity index (χ1) is 6.15. The molecule has 0 aliphatic heterocycles. The van der Waals surface area contributed by atoms with Crippen LogP contribution in [0.4, 0.5) is 0 Å². The van der Waals surface area contributed by atoms with Gasteiger partial charge in [0.15, 0.2) is 0 Å². The maximum atomic E-state index is 10.5. The van der Waals surface area contributed by atoms with Crippen LogP contribution >= 0.6 is 15.9 Å².